The summed E-state index contributed by atoms with van der Waals surface area (Å²) in [4.78, 5) is 33.0. The predicted molar refractivity (Wildman–Crippen MR) is 181 cm³/mol. The minimum Gasteiger partial charge on any atom is -0.398 e. The van der Waals surface area contributed by atoms with Crippen molar-refractivity contribution in [1.29, 1.82) is 0 Å². The average Bonchev–Trinajstić information content (AvgIpc) is 2.91. The van der Waals surface area contributed by atoms with Crippen molar-refractivity contribution in [2.45, 2.75) is 88.9 Å². The van der Waals surface area contributed by atoms with Crippen LogP contribution >= 0.6 is 23.5 Å². The minimum absolute atomic E-state index is 0.136. The van der Waals surface area contributed by atoms with Crippen molar-refractivity contribution in [3.63, 3.8) is 0 Å². The van der Waals surface area contributed by atoms with Crippen LogP contribution in [0.1, 0.15) is 100 Å². The van der Waals surface area contributed by atoms with Crippen LogP contribution in [0, 0.1) is 0 Å². The Hall–Kier alpha value is -3.17. The van der Waals surface area contributed by atoms with Gasteiger partial charge >= 0.3 is 0 Å². The monoisotopic (exact) mass is 607 g/mol. The number of hydrogen-bond donors (Lipinski definition) is 4. The number of amides is 2. The summed E-state index contributed by atoms with van der Waals surface area (Å²) in [6, 6.07) is 12.8. The fraction of sp³-hybridized carbons (Fsp3) is 0.424. The largest absolute Gasteiger partial charge is 0.398 e. The first kappa shape index (κ1) is 33.3. The molecule has 0 aliphatic carbocycles. The van der Waals surface area contributed by atoms with Gasteiger partial charge in [-0.3, -0.25) is 9.59 Å². The summed E-state index contributed by atoms with van der Waals surface area (Å²) >= 11 is 3.23. The summed E-state index contributed by atoms with van der Waals surface area (Å²) in [6.07, 6.45) is 1.94. The van der Waals surface area contributed by atoms with Gasteiger partial charge in [0.05, 0.1) is 21.2 Å². The lowest BCUT2D eigenvalue weighted by atomic mass is 9.86. The predicted octanol–water partition coefficient (Wildman–Crippen LogP) is 8.35. The first-order valence-electron chi connectivity index (χ1n) is 14.4. The smallest absolute Gasteiger partial charge is 0.274 e. The van der Waals surface area contributed by atoms with Gasteiger partial charge < -0.3 is 22.1 Å². The number of benzene rings is 2. The molecule has 2 aromatic carbocycles. The Labute approximate surface area is 259 Å². The summed E-state index contributed by atoms with van der Waals surface area (Å²) in [5.41, 5.74) is 17.5. The Bertz CT molecular complexity index is 1340. The molecule has 226 valence electrons. The quantitative estimate of drug-likeness (QED) is 0.135. The van der Waals surface area contributed by atoms with E-state index in [9.17, 15) is 9.59 Å². The van der Waals surface area contributed by atoms with E-state index in [2.05, 4.69) is 71.0 Å². The Morgan fingerprint density at radius 1 is 0.714 bits per heavy atom. The molecule has 0 saturated carbocycles. The van der Waals surface area contributed by atoms with Crippen molar-refractivity contribution in [2.75, 3.05) is 33.6 Å². The number of aromatic nitrogens is 1. The maximum Gasteiger partial charge on any atom is 0.274 e. The summed E-state index contributed by atoms with van der Waals surface area (Å²) in [7, 11) is 0. The standard InChI is InChI=1S/C33H45N5O2S2/c1-9-14-41-28-22(34)16-20(32(3,4)5)18-26(28)37-30(39)24-12-11-13-25(36-24)31(40)38-27-19-21(33(6,7)8)17-23(35)29(27)42-15-10-2/h11-13,16-19H,9-10,14-15,34-35H2,1-8H3,(H,37,39)(H,38,40). The fourth-order valence-electron chi connectivity index (χ4n) is 4.15. The zero-order chi connectivity index (χ0) is 31.2. The highest BCUT2D eigenvalue weighted by atomic mass is 32.2. The van der Waals surface area contributed by atoms with E-state index >= 15 is 0 Å². The number of pyridine rings is 1. The number of rotatable bonds is 10. The summed E-state index contributed by atoms with van der Waals surface area (Å²) < 4.78 is 0. The number of hydrogen-bond acceptors (Lipinski definition) is 7. The van der Waals surface area contributed by atoms with Crippen LogP contribution in [0.3, 0.4) is 0 Å². The number of nitrogens with two attached hydrogens (primary N) is 2. The Balaban J connectivity index is 1.93. The zero-order valence-corrected chi connectivity index (χ0v) is 27.7. The number of nitrogens with zero attached hydrogens (tertiary/aromatic N) is 1. The number of carbonyl (C=O) groups excluding carboxylic acids is 2. The number of anilines is 4. The molecule has 2 amide bonds. The molecule has 0 atom stereocenters. The second-order valence-corrected chi connectivity index (χ2v) is 14.6. The van der Waals surface area contributed by atoms with Crippen molar-refractivity contribution >= 4 is 58.1 Å². The van der Waals surface area contributed by atoms with Crippen LogP contribution in [0.5, 0.6) is 0 Å². The molecule has 3 aromatic rings. The van der Waals surface area contributed by atoms with Crippen LogP contribution in [0.2, 0.25) is 0 Å². The number of carbonyl (C=O) groups is 2. The Morgan fingerprint density at radius 2 is 1.10 bits per heavy atom. The molecule has 9 heteroatoms. The van der Waals surface area contributed by atoms with Gasteiger partial charge in [-0.1, -0.05) is 61.5 Å². The average molecular weight is 608 g/mol. The molecule has 42 heavy (non-hydrogen) atoms. The van der Waals surface area contributed by atoms with Crippen molar-refractivity contribution in [3.05, 3.63) is 65.0 Å². The summed E-state index contributed by atoms with van der Waals surface area (Å²) in [5.74, 6) is 0.920. The maximum absolute atomic E-state index is 13.4. The third kappa shape index (κ3) is 8.44. The Kier molecular flexibility index (Phi) is 11.0. The highest BCUT2D eigenvalue weighted by molar-refractivity contribution is 7.99. The number of nitrogen functional groups attached to an aromatic ring is 2. The van der Waals surface area contributed by atoms with Crippen molar-refractivity contribution in [1.82, 2.24) is 4.98 Å². The molecule has 1 heterocycles. The summed E-state index contributed by atoms with van der Waals surface area (Å²) in [5, 5.41) is 6.03. The number of nitrogens with one attached hydrogen (secondary N) is 2. The highest BCUT2D eigenvalue weighted by Crippen LogP contribution is 2.39. The van der Waals surface area contributed by atoms with Crippen molar-refractivity contribution in [3.8, 4) is 0 Å². The topological polar surface area (TPSA) is 123 Å². The first-order valence-corrected chi connectivity index (χ1v) is 16.4. The molecule has 0 unspecified atom stereocenters. The lowest BCUT2D eigenvalue weighted by molar-refractivity contribution is 0.101. The van der Waals surface area contributed by atoms with E-state index in [-0.39, 0.29) is 22.2 Å². The highest BCUT2D eigenvalue weighted by Gasteiger charge is 2.22. The third-order valence-corrected chi connectivity index (χ3v) is 9.29. The molecule has 0 bridgehead atoms. The van der Waals surface area contributed by atoms with Crippen LogP contribution in [-0.4, -0.2) is 28.3 Å². The number of thioether (sulfide) groups is 2. The third-order valence-electron chi connectivity index (χ3n) is 6.58. The van der Waals surface area contributed by atoms with Gasteiger partial charge in [0.1, 0.15) is 11.4 Å². The van der Waals surface area contributed by atoms with E-state index in [1.807, 2.05) is 24.3 Å². The van der Waals surface area contributed by atoms with E-state index < -0.39 is 11.8 Å². The van der Waals surface area contributed by atoms with Gasteiger partial charge in [0.2, 0.25) is 0 Å². The van der Waals surface area contributed by atoms with Crippen LogP contribution in [-0.2, 0) is 10.8 Å². The van der Waals surface area contributed by atoms with Crippen LogP contribution < -0.4 is 22.1 Å². The normalized spacial score (nSPS) is 11.8. The van der Waals surface area contributed by atoms with Gasteiger partial charge in [0, 0.05) is 11.4 Å². The van der Waals surface area contributed by atoms with Gasteiger partial charge in [-0.05, 0) is 82.7 Å². The van der Waals surface area contributed by atoms with Crippen LogP contribution in [0.25, 0.3) is 0 Å². The molecule has 3 rings (SSSR count). The molecule has 0 fully saturated rings. The van der Waals surface area contributed by atoms with Gasteiger partial charge in [0.25, 0.3) is 11.8 Å². The van der Waals surface area contributed by atoms with E-state index in [0.717, 1.165) is 45.3 Å². The summed E-state index contributed by atoms with van der Waals surface area (Å²) in [6.45, 7) is 16.8. The molecule has 0 saturated heterocycles. The van der Waals surface area contributed by atoms with E-state index in [1.165, 1.54) is 0 Å². The van der Waals surface area contributed by atoms with Gasteiger partial charge in [0.15, 0.2) is 0 Å². The lowest BCUT2D eigenvalue weighted by Gasteiger charge is -2.23. The van der Waals surface area contributed by atoms with Crippen LogP contribution in [0.4, 0.5) is 22.7 Å². The lowest BCUT2D eigenvalue weighted by Crippen LogP contribution is -2.20. The van der Waals surface area contributed by atoms with E-state index in [1.54, 1.807) is 41.7 Å². The first-order chi connectivity index (χ1) is 19.6. The molecule has 0 radical (unpaired) electrons. The molecule has 6 N–H and O–H groups in total. The van der Waals surface area contributed by atoms with E-state index in [0.29, 0.717) is 22.7 Å². The van der Waals surface area contributed by atoms with Gasteiger partial charge in [-0.25, -0.2) is 4.98 Å². The van der Waals surface area contributed by atoms with Gasteiger partial charge in [-0.2, -0.15) is 0 Å². The van der Waals surface area contributed by atoms with E-state index in [4.69, 9.17) is 11.5 Å². The van der Waals surface area contributed by atoms with Crippen molar-refractivity contribution in [2.24, 2.45) is 0 Å². The second kappa shape index (κ2) is 13.9. The SMILES string of the molecule is CCCSc1c(N)cc(C(C)(C)C)cc1NC(=O)c1cccc(C(=O)Nc2cc(C(C)(C)C)cc(N)c2SCCC)n1. The molecular weight excluding hydrogens is 563 g/mol. The van der Waals surface area contributed by atoms with Crippen LogP contribution in [0.15, 0.2) is 52.3 Å². The molecular formula is C33H45N5O2S2. The zero-order valence-electron chi connectivity index (χ0n) is 26.1. The fourth-order valence-corrected chi connectivity index (χ4v) is 5.94. The molecule has 0 aliphatic heterocycles. The maximum atomic E-state index is 13.4. The Morgan fingerprint density at radius 3 is 1.43 bits per heavy atom. The van der Waals surface area contributed by atoms with Gasteiger partial charge in [-0.15, -0.1) is 23.5 Å². The molecule has 0 aliphatic rings. The second-order valence-electron chi connectivity index (χ2n) is 12.4. The minimum atomic E-state index is -0.411. The van der Waals surface area contributed by atoms with Crippen molar-refractivity contribution < 1.29 is 9.59 Å². The molecule has 7 nitrogen and oxygen atoms in total. The molecule has 0 spiro atoms. The molecule has 1 aromatic heterocycles.